The van der Waals surface area contributed by atoms with Gasteiger partial charge in [-0.05, 0) is 51.4 Å². The van der Waals surface area contributed by atoms with E-state index in [-0.39, 0.29) is 18.5 Å². The fourth-order valence-electron chi connectivity index (χ4n) is 12.5. The van der Waals surface area contributed by atoms with Gasteiger partial charge in [0.1, 0.15) is 0 Å². The average molecular weight is 1170 g/mol. The van der Waals surface area contributed by atoms with Gasteiger partial charge in [-0.1, -0.05) is 392 Å². The number of allylic oxidation sites excluding steroid dienone is 2. The number of rotatable bonds is 73. The highest BCUT2D eigenvalue weighted by Crippen LogP contribution is 2.20. The summed E-state index contributed by atoms with van der Waals surface area (Å²) in [5, 5.41) is 23.2. The van der Waals surface area contributed by atoms with Crippen LogP contribution in [0, 0.1) is 0 Å². The molecule has 0 aromatic rings. The quantitative estimate of drug-likeness (QED) is 0.0320. The standard InChI is InChI=1S/C77H151NO5/c1-3-5-7-9-11-13-15-16-17-44-47-51-55-59-63-67-71-77(82)83-72-68-64-60-56-52-48-45-42-40-38-36-34-32-30-28-26-24-22-20-18-19-21-23-25-27-29-31-33-35-37-39-41-43-46-50-54-58-62-66-70-76(81)78-74(73-79)75(80)69-65-61-57-53-49-14-12-10-8-6-4-2/h18-19,74-75,79-80H,3-17,20-73H2,1-2H3,(H,78,81)/b19-18-. The van der Waals surface area contributed by atoms with Crippen LogP contribution < -0.4 is 5.32 Å². The zero-order valence-corrected chi connectivity index (χ0v) is 56.7. The van der Waals surface area contributed by atoms with Gasteiger partial charge in [0.2, 0.25) is 5.91 Å². The number of hydrogen-bond donors (Lipinski definition) is 3. The molecule has 0 aliphatic heterocycles. The fraction of sp³-hybridized carbons (Fsp3) is 0.948. The van der Waals surface area contributed by atoms with E-state index in [9.17, 15) is 19.8 Å². The smallest absolute Gasteiger partial charge is 0.305 e. The molecule has 494 valence electrons. The van der Waals surface area contributed by atoms with Crippen molar-refractivity contribution in [1.29, 1.82) is 0 Å². The molecule has 0 aromatic carbocycles. The van der Waals surface area contributed by atoms with Crippen molar-refractivity contribution in [3.8, 4) is 0 Å². The summed E-state index contributed by atoms with van der Waals surface area (Å²) in [6.45, 7) is 4.99. The van der Waals surface area contributed by atoms with E-state index in [0.29, 0.717) is 25.9 Å². The summed E-state index contributed by atoms with van der Waals surface area (Å²) >= 11 is 0. The zero-order valence-electron chi connectivity index (χ0n) is 56.7. The summed E-state index contributed by atoms with van der Waals surface area (Å²) in [6, 6.07) is -0.536. The SMILES string of the molecule is CCCCCCCCCCCCCCCCCCC(=O)OCCCCCCCCCCCCCCCCCCCC/C=C\CCCCCCCCCCCCCCCCCCCC(=O)NC(CO)C(O)CCCCCCCCCCCCC. The van der Waals surface area contributed by atoms with E-state index < -0.39 is 12.1 Å². The Morgan fingerprint density at radius 1 is 0.325 bits per heavy atom. The van der Waals surface area contributed by atoms with Crippen molar-refractivity contribution >= 4 is 11.9 Å². The summed E-state index contributed by atoms with van der Waals surface area (Å²) in [6.07, 6.45) is 91.7. The number of hydrogen-bond acceptors (Lipinski definition) is 5. The maximum absolute atomic E-state index is 12.5. The number of unbranched alkanes of at least 4 members (excludes halogenated alkanes) is 60. The maximum atomic E-state index is 12.5. The summed E-state index contributed by atoms with van der Waals surface area (Å²) < 4.78 is 5.51. The molecule has 0 saturated heterocycles. The van der Waals surface area contributed by atoms with Gasteiger partial charge in [0.25, 0.3) is 0 Å². The molecule has 2 unspecified atom stereocenters. The Bertz CT molecular complexity index is 1260. The summed E-state index contributed by atoms with van der Waals surface area (Å²) in [4.78, 5) is 24.6. The Kier molecular flexibility index (Phi) is 71.8. The molecule has 0 bridgehead atoms. The highest BCUT2D eigenvalue weighted by atomic mass is 16.5. The zero-order chi connectivity index (χ0) is 59.9. The number of carbonyl (C=O) groups is 2. The number of ether oxygens (including phenoxy) is 1. The first kappa shape index (κ1) is 81.6. The van der Waals surface area contributed by atoms with E-state index in [1.807, 2.05) is 0 Å². The number of amides is 1. The van der Waals surface area contributed by atoms with Crippen LogP contribution in [0.25, 0.3) is 0 Å². The lowest BCUT2D eigenvalue weighted by molar-refractivity contribution is -0.143. The van der Waals surface area contributed by atoms with Gasteiger partial charge in [-0.2, -0.15) is 0 Å². The molecule has 0 spiro atoms. The molecule has 1 amide bonds. The van der Waals surface area contributed by atoms with Crippen LogP contribution in [0.1, 0.15) is 444 Å². The highest BCUT2D eigenvalue weighted by molar-refractivity contribution is 5.76. The largest absolute Gasteiger partial charge is 0.466 e. The maximum Gasteiger partial charge on any atom is 0.305 e. The second-order valence-corrected chi connectivity index (χ2v) is 26.7. The minimum atomic E-state index is -0.659. The van der Waals surface area contributed by atoms with Crippen molar-refractivity contribution in [3.63, 3.8) is 0 Å². The Morgan fingerprint density at radius 2 is 0.566 bits per heavy atom. The Hall–Kier alpha value is -1.40. The lowest BCUT2D eigenvalue weighted by atomic mass is 10.0. The third-order valence-corrected chi connectivity index (χ3v) is 18.3. The Balaban J connectivity index is 3.28. The lowest BCUT2D eigenvalue weighted by Crippen LogP contribution is -2.45. The second-order valence-electron chi connectivity index (χ2n) is 26.7. The van der Waals surface area contributed by atoms with Gasteiger partial charge in [0.05, 0.1) is 25.4 Å². The molecule has 6 heteroatoms. The normalized spacial score (nSPS) is 12.5. The van der Waals surface area contributed by atoms with Crippen LogP contribution in [0.15, 0.2) is 12.2 Å². The van der Waals surface area contributed by atoms with E-state index in [1.54, 1.807) is 0 Å². The van der Waals surface area contributed by atoms with E-state index in [1.165, 1.54) is 372 Å². The van der Waals surface area contributed by atoms with Crippen LogP contribution in [-0.4, -0.2) is 47.4 Å². The van der Waals surface area contributed by atoms with Crippen LogP contribution in [0.5, 0.6) is 0 Å². The van der Waals surface area contributed by atoms with Gasteiger partial charge in [-0.3, -0.25) is 9.59 Å². The second kappa shape index (κ2) is 73.1. The molecule has 0 aromatic heterocycles. The molecule has 0 aliphatic carbocycles. The van der Waals surface area contributed by atoms with Crippen molar-refractivity contribution < 1.29 is 24.5 Å². The third kappa shape index (κ3) is 69.6. The number of esters is 1. The molecule has 0 fully saturated rings. The monoisotopic (exact) mass is 1170 g/mol. The predicted molar refractivity (Wildman–Crippen MR) is 366 cm³/mol. The van der Waals surface area contributed by atoms with E-state index in [2.05, 4.69) is 31.3 Å². The molecule has 0 saturated carbocycles. The van der Waals surface area contributed by atoms with E-state index in [4.69, 9.17) is 4.74 Å². The average Bonchev–Trinajstić information content (AvgIpc) is 3.49. The first-order chi connectivity index (χ1) is 41.0. The van der Waals surface area contributed by atoms with Gasteiger partial charge in [0, 0.05) is 12.8 Å². The van der Waals surface area contributed by atoms with Crippen molar-refractivity contribution in [2.75, 3.05) is 13.2 Å². The van der Waals surface area contributed by atoms with Crippen LogP contribution in [0.3, 0.4) is 0 Å². The first-order valence-corrected chi connectivity index (χ1v) is 38.4. The number of carbonyl (C=O) groups excluding carboxylic acids is 2. The van der Waals surface area contributed by atoms with Crippen LogP contribution in [0.2, 0.25) is 0 Å². The van der Waals surface area contributed by atoms with Gasteiger partial charge in [-0.15, -0.1) is 0 Å². The first-order valence-electron chi connectivity index (χ1n) is 38.4. The molecule has 2 atom stereocenters. The summed E-state index contributed by atoms with van der Waals surface area (Å²) in [5.41, 5.74) is 0. The fourth-order valence-corrected chi connectivity index (χ4v) is 12.5. The van der Waals surface area contributed by atoms with Gasteiger partial charge in [-0.25, -0.2) is 0 Å². The van der Waals surface area contributed by atoms with Gasteiger partial charge in [0.15, 0.2) is 0 Å². The van der Waals surface area contributed by atoms with Crippen LogP contribution >= 0.6 is 0 Å². The molecule has 0 aliphatic rings. The van der Waals surface area contributed by atoms with E-state index >= 15 is 0 Å². The Labute approximate surface area is 520 Å². The molecule has 0 heterocycles. The highest BCUT2D eigenvalue weighted by Gasteiger charge is 2.20. The molecule has 0 rings (SSSR count). The van der Waals surface area contributed by atoms with Crippen molar-refractivity contribution in [2.24, 2.45) is 0 Å². The molecule has 0 radical (unpaired) electrons. The summed E-state index contributed by atoms with van der Waals surface area (Å²) in [5.74, 6) is -0.00209. The molecular weight excluding hydrogens is 1020 g/mol. The van der Waals surface area contributed by atoms with Gasteiger partial charge >= 0.3 is 5.97 Å². The topological polar surface area (TPSA) is 95.9 Å². The van der Waals surface area contributed by atoms with Crippen molar-refractivity contribution in [3.05, 3.63) is 12.2 Å². The van der Waals surface area contributed by atoms with Crippen LogP contribution in [0.4, 0.5) is 0 Å². The number of nitrogens with one attached hydrogen (secondary N) is 1. The molecular formula is C77H151NO5. The molecule has 3 N–H and O–H groups in total. The third-order valence-electron chi connectivity index (χ3n) is 18.3. The minimum Gasteiger partial charge on any atom is -0.466 e. The number of aliphatic hydroxyl groups is 2. The van der Waals surface area contributed by atoms with Crippen molar-refractivity contribution in [1.82, 2.24) is 5.32 Å². The lowest BCUT2D eigenvalue weighted by Gasteiger charge is -2.22. The summed E-state index contributed by atoms with van der Waals surface area (Å²) in [7, 11) is 0. The molecule has 6 nitrogen and oxygen atoms in total. The van der Waals surface area contributed by atoms with Crippen LogP contribution in [-0.2, 0) is 14.3 Å². The number of aliphatic hydroxyl groups excluding tert-OH is 2. The molecule has 83 heavy (non-hydrogen) atoms. The van der Waals surface area contributed by atoms with E-state index in [0.717, 1.165) is 38.5 Å². The van der Waals surface area contributed by atoms with Crippen molar-refractivity contribution in [2.45, 2.75) is 456 Å². The Morgan fingerprint density at radius 3 is 0.855 bits per heavy atom. The van der Waals surface area contributed by atoms with Gasteiger partial charge < -0.3 is 20.3 Å². The predicted octanol–water partition coefficient (Wildman–Crippen LogP) is 25.1. The minimum absolute atomic E-state index is 0.0269.